The molecular formula is C11H15N3O. The van der Waals surface area contributed by atoms with E-state index in [4.69, 9.17) is 16.7 Å². The number of hydrogen-bond donors (Lipinski definition) is 3. The number of hydrogen-bond acceptors (Lipinski definition) is 4. The maximum absolute atomic E-state index is 9.33. The van der Waals surface area contributed by atoms with Crippen LogP contribution in [0.25, 0.3) is 0 Å². The minimum atomic E-state index is -0.573. The number of rotatable bonds is 4. The quantitative estimate of drug-likeness (QED) is 0.657. The molecule has 4 heteroatoms. The summed E-state index contributed by atoms with van der Waals surface area (Å²) >= 11 is 0. The van der Waals surface area contributed by atoms with Crippen molar-refractivity contribution in [3.63, 3.8) is 0 Å². The van der Waals surface area contributed by atoms with Crippen LogP contribution < -0.4 is 11.5 Å². The van der Waals surface area contributed by atoms with Gasteiger partial charge in [0, 0.05) is 12.6 Å². The lowest BCUT2D eigenvalue weighted by atomic mass is 10.0. The molecule has 0 heterocycles. The number of nitrogens with two attached hydrogens (primary N) is 2. The van der Waals surface area contributed by atoms with E-state index in [1.54, 1.807) is 24.3 Å². The van der Waals surface area contributed by atoms with Gasteiger partial charge in [0.05, 0.1) is 17.7 Å². The monoisotopic (exact) mass is 205 g/mol. The Hall–Kier alpha value is -1.41. The third-order valence-corrected chi connectivity index (χ3v) is 2.27. The average Bonchev–Trinajstić information content (AvgIpc) is 2.29. The molecule has 1 aromatic carbocycles. The lowest BCUT2D eigenvalue weighted by Crippen LogP contribution is -2.25. The van der Waals surface area contributed by atoms with Gasteiger partial charge in [-0.25, -0.2) is 0 Å². The van der Waals surface area contributed by atoms with Gasteiger partial charge in [0.25, 0.3) is 0 Å². The largest absolute Gasteiger partial charge is 0.392 e. The van der Waals surface area contributed by atoms with Crippen molar-refractivity contribution in [3.05, 3.63) is 35.4 Å². The molecule has 4 nitrogen and oxygen atoms in total. The molecule has 5 N–H and O–H groups in total. The van der Waals surface area contributed by atoms with Gasteiger partial charge in [-0.1, -0.05) is 12.1 Å². The molecule has 0 aliphatic heterocycles. The first-order chi connectivity index (χ1) is 7.17. The Labute approximate surface area is 89.1 Å². The molecule has 15 heavy (non-hydrogen) atoms. The van der Waals surface area contributed by atoms with Crippen LogP contribution in [0.3, 0.4) is 0 Å². The molecule has 0 fully saturated rings. The van der Waals surface area contributed by atoms with Crippen molar-refractivity contribution >= 4 is 0 Å². The van der Waals surface area contributed by atoms with E-state index in [0.29, 0.717) is 12.0 Å². The Morgan fingerprint density at radius 3 is 2.40 bits per heavy atom. The van der Waals surface area contributed by atoms with Crippen LogP contribution in [-0.2, 0) is 0 Å². The van der Waals surface area contributed by atoms with Gasteiger partial charge in [-0.2, -0.15) is 5.26 Å². The molecule has 0 spiro atoms. The first-order valence-electron chi connectivity index (χ1n) is 4.81. The summed E-state index contributed by atoms with van der Waals surface area (Å²) in [5.41, 5.74) is 12.7. The number of aliphatic hydroxyl groups is 1. The Morgan fingerprint density at radius 1 is 1.33 bits per heavy atom. The van der Waals surface area contributed by atoms with Gasteiger partial charge in [-0.05, 0) is 24.1 Å². The minimum absolute atomic E-state index is 0.212. The number of nitrogens with zero attached hydrogens (tertiary/aromatic N) is 1. The summed E-state index contributed by atoms with van der Waals surface area (Å²) in [6.45, 7) is 0.212. The van der Waals surface area contributed by atoms with Crippen LogP contribution >= 0.6 is 0 Å². The molecule has 2 unspecified atom stereocenters. The van der Waals surface area contributed by atoms with Crippen LogP contribution in [0.2, 0.25) is 0 Å². The maximum atomic E-state index is 9.33. The SMILES string of the molecule is N#Cc1ccc(C(N)CC(O)CN)cc1. The summed E-state index contributed by atoms with van der Waals surface area (Å²) in [5.74, 6) is 0. The first-order valence-corrected chi connectivity index (χ1v) is 4.81. The zero-order chi connectivity index (χ0) is 11.3. The molecule has 80 valence electrons. The maximum Gasteiger partial charge on any atom is 0.0991 e. The normalized spacial score (nSPS) is 14.3. The van der Waals surface area contributed by atoms with Crippen LogP contribution in [0, 0.1) is 11.3 Å². The zero-order valence-electron chi connectivity index (χ0n) is 8.43. The summed E-state index contributed by atoms with van der Waals surface area (Å²) in [7, 11) is 0. The smallest absolute Gasteiger partial charge is 0.0991 e. The zero-order valence-corrected chi connectivity index (χ0v) is 8.43. The number of nitriles is 1. The average molecular weight is 205 g/mol. The molecule has 2 atom stereocenters. The van der Waals surface area contributed by atoms with Crippen molar-refractivity contribution in [2.45, 2.75) is 18.6 Å². The predicted molar refractivity (Wildman–Crippen MR) is 57.8 cm³/mol. The van der Waals surface area contributed by atoms with E-state index < -0.39 is 6.10 Å². The molecule has 0 aliphatic rings. The molecule has 0 bridgehead atoms. The van der Waals surface area contributed by atoms with Crippen LogP contribution in [-0.4, -0.2) is 17.8 Å². The van der Waals surface area contributed by atoms with E-state index in [0.717, 1.165) is 5.56 Å². The fourth-order valence-corrected chi connectivity index (χ4v) is 1.33. The molecule has 1 aromatic rings. The third-order valence-electron chi connectivity index (χ3n) is 2.27. The van der Waals surface area contributed by atoms with E-state index in [1.165, 1.54) is 0 Å². The van der Waals surface area contributed by atoms with Crippen molar-refractivity contribution < 1.29 is 5.11 Å². The van der Waals surface area contributed by atoms with Crippen LogP contribution in [0.5, 0.6) is 0 Å². The topological polar surface area (TPSA) is 96.1 Å². The van der Waals surface area contributed by atoms with Gasteiger partial charge >= 0.3 is 0 Å². The summed E-state index contributed by atoms with van der Waals surface area (Å²) in [5, 5.41) is 17.9. The Bertz CT molecular complexity index is 342. The molecule has 0 saturated carbocycles. The highest BCUT2D eigenvalue weighted by Gasteiger charge is 2.10. The highest BCUT2D eigenvalue weighted by molar-refractivity contribution is 5.32. The summed E-state index contributed by atoms with van der Waals surface area (Å²) < 4.78 is 0. The van der Waals surface area contributed by atoms with Crippen molar-refractivity contribution in [3.8, 4) is 6.07 Å². The Balaban J connectivity index is 2.66. The third kappa shape index (κ3) is 3.33. The second-order valence-corrected chi connectivity index (χ2v) is 3.47. The summed E-state index contributed by atoms with van der Waals surface area (Å²) in [6, 6.07) is 8.82. The Morgan fingerprint density at radius 2 is 1.93 bits per heavy atom. The highest BCUT2D eigenvalue weighted by atomic mass is 16.3. The van der Waals surface area contributed by atoms with E-state index in [1.807, 2.05) is 6.07 Å². The van der Waals surface area contributed by atoms with Crippen molar-refractivity contribution in [2.75, 3.05) is 6.54 Å². The standard InChI is InChI=1S/C11H15N3O/c12-6-8-1-3-9(4-2-8)11(14)5-10(15)7-13/h1-4,10-11,15H,5,7,13-14H2. The molecule has 0 radical (unpaired) electrons. The van der Waals surface area contributed by atoms with E-state index in [9.17, 15) is 5.11 Å². The fourth-order valence-electron chi connectivity index (χ4n) is 1.33. The molecule has 0 saturated heterocycles. The van der Waals surface area contributed by atoms with Crippen LogP contribution in [0.15, 0.2) is 24.3 Å². The van der Waals surface area contributed by atoms with Crippen LogP contribution in [0.1, 0.15) is 23.6 Å². The lowest BCUT2D eigenvalue weighted by molar-refractivity contribution is 0.163. The molecular weight excluding hydrogens is 190 g/mol. The van der Waals surface area contributed by atoms with E-state index >= 15 is 0 Å². The lowest BCUT2D eigenvalue weighted by Gasteiger charge is -2.15. The van der Waals surface area contributed by atoms with E-state index in [2.05, 4.69) is 0 Å². The van der Waals surface area contributed by atoms with Gasteiger partial charge in [-0.15, -0.1) is 0 Å². The number of benzene rings is 1. The second-order valence-electron chi connectivity index (χ2n) is 3.47. The van der Waals surface area contributed by atoms with Crippen molar-refractivity contribution in [2.24, 2.45) is 11.5 Å². The second kappa shape index (κ2) is 5.47. The predicted octanol–water partition coefficient (Wildman–Crippen LogP) is 0.268. The highest BCUT2D eigenvalue weighted by Crippen LogP contribution is 2.16. The van der Waals surface area contributed by atoms with Gasteiger partial charge < -0.3 is 16.6 Å². The summed E-state index contributed by atoms with van der Waals surface area (Å²) in [4.78, 5) is 0. The van der Waals surface area contributed by atoms with Crippen molar-refractivity contribution in [1.29, 1.82) is 5.26 Å². The van der Waals surface area contributed by atoms with Gasteiger partial charge in [0.2, 0.25) is 0 Å². The van der Waals surface area contributed by atoms with Crippen molar-refractivity contribution in [1.82, 2.24) is 0 Å². The number of aliphatic hydroxyl groups excluding tert-OH is 1. The molecule has 0 aliphatic carbocycles. The van der Waals surface area contributed by atoms with Gasteiger partial charge in [0.15, 0.2) is 0 Å². The fraction of sp³-hybridized carbons (Fsp3) is 0.364. The van der Waals surface area contributed by atoms with Gasteiger partial charge in [0.1, 0.15) is 0 Å². The summed E-state index contributed by atoms with van der Waals surface area (Å²) in [6.07, 6.45) is -0.141. The molecule has 0 aromatic heterocycles. The molecule has 1 rings (SSSR count). The first kappa shape index (κ1) is 11.7. The van der Waals surface area contributed by atoms with Crippen LogP contribution in [0.4, 0.5) is 0 Å². The van der Waals surface area contributed by atoms with Gasteiger partial charge in [-0.3, -0.25) is 0 Å². The Kier molecular flexibility index (Phi) is 4.25. The minimum Gasteiger partial charge on any atom is -0.392 e. The van der Waals surface area contributed by atoms with E-state index in [-0.39, 0.29) is 12.6 Å². The molecule has 0 amide bonds.